The molecule has 0 aliphatic rings. The van der Waals surface area contributed by atoms with Gasteiger partial charge in [0.2, 0.25) is 4.77 Å². The first kappa shape index (κ1) is 16.5. The third kappa shape index (κ3) is 3.77. The van der Waals surface area contributed by atoms with Gasteiger partial charge in [-0.3, -0.25) is 5.10 Å². The fourth-order valence-electron chi connectivity index (χ4n) is 2.29. The molecule has 0 aliphatic carbocycles. The number of aromatic nitrogens is 3. The molecule has 0 spiro atoms. The molecule has 5 nitrogen and oxygen atoms in total. The molecule has 0 saturated carbocycles. The summed E-state index contributed by atoms with van der Waals surface area (Å²) in [6.45, 7) is 2.85. The number of rotatable bonds is 6. The first-order valence-electron chi connectivity index (χ1n) is 7.47. The van der Waals surface area contributed by atoms with E-state index in [1.807, 2.05) is 55.5 Å². The maximum atomic E-state index is 6.18. The zero-order chi connectivity index (χ0) is 16.9. The lowest BCUT2D eigenvalue weighted by molar-refractivity contribution is 0.303. The lowest BCUT2D eigenvalue weighted by atomic mass is 10.2. The molecule has 7 heteroatoms. The van der Waals surface area contributed by atoms with Crippen LogP contribution in [0.3, 0.4) is 0 Å². The number of H-pyrrole nitrogens is 1. The number of halogens is 1. The van der Waals surface area contributed by atoms with Crippen LogP contribution in [0.15, 0.2) is 48.5 Å². The van der Waals surface area contributed by atoms with E-state index in [9.17, 15) is 0 Å². The van der Waals surface area contributed by atoms with Crippen molar-refractivity contribution in [1.29, 1.82) is 0 Å². The smallest absolute Gasteiger partial charge is 0.214 e. The number of nitrogens with one attached hydrogen (secondary N) is 2. The summed E-state index contributed by atoms with van der Waals surface area (Å²) >= 11 is 11.4. The average Bonchev–Trinajstić information content (AvgIpc) is 2.91. The quantitative estimate of drug-likeness (QED) is 0.646. The zero-order valence-electron chi connectivity index (χ0n) is 13.1. The molecular weight excluding hydrogens is 344 g/mol. The predicted octanol–water partition coefficient (Wildman–Crippen LogP) is 4.23. The molecule has 0 amide bonds. The first-order valence-corrected chi connectivity index (χ1v) is 8.26. The minimum Gasteiger partial charge on any atom is -0.488 e. The Labute approximate surface area is 150 Å². The maximum absolute atomic E-state index is 6.18. The minimum absolute atomic E-state index is 0.418. The van der Waals surface area contributed by atoms with E-state index in [-0.39, 0.29) is 0 Å². The van der Waals surface area contributed by atoms with Crippen molar-refractivity contribution in [2.75, 3.05) is 5.43 Å². The number of benzene rings is 2. The van der Waals surface area contributed by atoms with Crippen molar-refractivity contribution in [3.8, 4) is 5.75 Å². The Morgan fingerprint density at radius 3 is 2.58 bits per heavy atom. The van der Waals surface area contributed by atoms with Gasteiger partial charge in [0.1, 0.15) is 18.2 Å². The fourth-order valence-corrected chi connectivity index (χ4v) is 2.72. The summed E-state index contributed by atoms with van der Waals surface area (Å²) in [6.07, 6.45) is 0. The number of aromatic amines is 1. The molecule has 0 atom stereocenters. The molecule has 0 aliphatic heterocycles. The van der Waals surface area contributed by atoms with Crippen molar-refractivity contribution in [2.45, 2.75) is 20.1 Å². The van der Waals surface area contributed by atoms with Crippen LogP contribution >= 0.6 is 23.8 Å². The lowest BCUT2D eigenvalue weighted by Gasteiger charge is -2.14. The summed E-state index contributed by atoms with van der Waals surface area (Å²) < 4.78 is 8.22. The van der Waals surface area contributed by atoms with Crippen molar-refractivity contribution < 1.29 is 4.74 Å². The molecule has 0 fully saturated rings. The van der Waals surface area contributed by atoms with Gasteiger partial charge < -0.3 is 10.2 Å². The molecule has 24 heavy (non-hydrogen) atoms. The van der Waals surface area contributed by atoms with Crippen molar-refractivity contribution in [1.82, 2.24) is 14.9 Å². The van der Waals surface area contributed by atoms with Gasteiger partial charge >= 0.3 is 0 Å². The van der Waals surface area contributed by atoms with E-state index in [0.717, 1.165) is 22.7 Å². The molecule has 2 aromatic carbocycles. The standard InChI is InChI=1S/C17H17ClN4OS/c1-12-20-21-17(24)22(12)19-10-13-6-3-5-9-16(13)23-11-14-7-2-4-8-15(14)18/h2-9,19H,10-11H2,1H3,(H,21,24). The fraction of sp³-hybridized carbons (Fsp3) is 0.176. The summed E-state index contributed by atoms with van der Waals surface area (Å²) in [7, 11) is 0. The monoisotopic (exact) mass is 360 g/mol. The second-order valence-electron chi connectivity index (χ2n) is 5.23. The maximum Gasteiger partial charge on any atom is 0.214 e. The van der Waals surface area contributed by atoms with E-state index in [1.54, 1.807) is 4.68 Å². The average molecular weight is 361 g/mol. The molecule has 3 rings (SSSR count). The number of nitrogens with zero attached hydrogens (tertiary/aromatic N) is 2. The van der Waals surface area contributed by atoms with Crippen LogP contribution in [0, 0.1) is 11.7 Å². The van der Waals surface area contributed by atoms with E-state index in [1.165, 1.54) is 0 Å². The Hall–Kier alpha value is -2.31. The van der Waals surface area contributed by atoms with Gasteiger partial charge in [-0.2, -0.15) is 5.10 Å². The van der Waals surface area contributed by atoms with Crippen LogP contribution in [0.1, 0.15) is 17.0 Å². The molecule has 3 aromatic rings. The second-order valence-corrected chi connectivity index (χ2v) is 6.03. The Kier molecular flexibility index (Phi) is 5.17. The summed E-state index contributed by atoms with van der Waals surface area (Å²) in [4.78, 5) is 0. The van der Waals surface area contributed by atoms with Gasteiger partial charge in [0.25, 0.3) is 0 Å². The van der Waals surface area contributed by atoms with Crippen LogP contribution < -0.4 is 10.2 Å². The van der Waals surface area contributed by atoms with Gasteiger partial charge in [0.05, 0.1) is 6.54 Å². The molecular formula is C17H17ClN4OS. The minimum atomic E-state index is 0.418. The largest absolute Gasteiger partial charge is 0.488 e. The van der Waals surface area contributed by atoms with Crippen molar-refractivity contribution >= 4 is 23.8 Å². The van der Waals surface area contributed by atoms with Gasteiger partial charge in [-0.25, -0.2) is 4.68 Å². The SMILES string of the molecule is Cc1n[nH]c(=S)n1NCc1ccccc1OCc1ccccc1Cl. The molecule has 0 unspecified atom stereocenters. The molecule has 0 radical (unpaired) electrons. The normalized spacial score (nSPS) is 10.6. The highest BCUT2D eigenvalue weighted by atomic mass is 35.5. The molecule has 0 saturated heterocycles. The van der Waals surface area contributed by atoms with Crippen LogP contribution in [-0.4, -0.2) is 14.9 Å². The van der Waals surface area contributed by atoms with Crippen molar-refractivity contribution in [3.63, 3.8) is 0 Å². The number of hydrogen-bond donors (Lipinski definition) is 2. The third-order valence-corrected chi connectivity index (χ3v) is 4.22. The number of hydrogen-bond acceptors (Lipinski definition) is 4. The summed E-state index contributed by atoms with van der Waals surface area (Å²) in [6, 6.07) is 15.5. The highest BCUT2D eigenvalue weighted by Crippen LogP contribution is 2.22. The van der Waals surface area contributed by atoms with E-state index in [4.69, 9.17) is 28.6 Å². The topological polar surface area (TPSA) is 54.9 Å². The predicted molar refractivity (Wildman–Crippen MR) is 97.4 cm³/mol. The molecule has 2 N–H and O–H groups in total. The highest BCUT2D eigenvalue weighted by molar-refractivity contribution is 7.71. The molecule has 1 heterocycles. The van der Waals surface area contributed by atoms with Crippen LogP contribution in [0.25, 0.3) is 0 Å². The van der Waals surface area contributed by atoms with Crippen LogP contribution in [0.4, 0.5) is 0 Å². The van der Waals surface area contributed by atoms with Crippen LogP contribution in [0.2, 0.25) is 5.02 Å². The van der Waals surface area contributed by atoms with Crippen LogP contribution in [-0.2, 0) is 13.2 Å². The van der Waals surface area contributed by atoms with Crippen molar-refractivity contribution in [3.05, 3.63) is 75.3 Å². The first-order chi connectivity index (χ1) is 11.6. The third-order valence-electron chi connectivity index (χ3n) is 3.58. The second kappa shape index (κ2) is 7.51. The summed E-state index contributed by atoms with van der Waals surface area (Å²) in [5.41, 5.74) is 5.21. The van der Waals surface area contributed by atoms with E-state index in [2.05, 4.69) is 15.6 Å². The Balaban J connectivity index is 1.71. The van der Waals surface area contributed by atoms with Gasteiger partial charge in [0, 0.05) is 16.1 Å². The summed E-state index contributed by atoms with van der Waals surface area (Å²) in [5, 5.41) is 7.52. The Morgan fingerprint density at radius 2 is 1.88 bits per heavy atom. The van der Waals surface area contributed by atoms with Crippen LogP contribution in [0.5, 0.6) is 5.75 Å². The van der Waals surface area contributed by atoms with E-state index < -0.39 is 0 Å². The van der Waals surface area contributed by atoms with Crippen molar-refractivity contribution in [2.24, 2.45) is 0 Å². The lowest BCUT2D eigenvalue weighted by Crippen LogP contribution is -2.16. The van der Waals surface area contributed by atoms with E-state index in [0.29, 0.717) is 22.9 Å². The van der Waals surface area contributed by atoms with Gasteiger partial charge in [-0.05, 0) is 31.3 Å². The zero-order valence-corrected chi connectivity index (χ0v) is 14.7. The molecule has 0 bridgehead atoms. The van der Waals surface area contributed by atoms with Gasteiger partial charge in [-0.1, -0.05) is 48.0 Å². The summed E-state index contributed by atoms with van der Waals surface area (Å²) in [5.74, 6) is 1.58. The number of para-hydroxylation sites is 1. The highest BCUT2D eigenvalue weighted by Gasteiger charge is 2.06. The number of ether oxygens (including phenoxy) is 1. The van der Waals surface area contributed by atoms with E-state index >= 15 is 0 Å². The Bertz CT molecular complexity index is 890. The molecule has 124 valence electrons. The Morgan fingerprint density at radius 1 is 1.17 bits per heavy atom. The van der Waals surface area contributed by atoms with Gasteiger partial charge in [0.15, 0.2) is 0 Å². The molecule has 1 aromatic heterocycles. The number of aryl methyl sites for hydroxylation is 1. The van der Waals surface area contributed by atoms with Gasteiger partial charge in [-0.15, -0.1) is 0 Å².